The standard InChI is InChI=1S/C3H3N3O6S3/c7-4(8)1-13-2(5(9)10)15-3(14-1)6(11)12/h1-3H. The van der Waals surface area contributed by atoms with Crippen molar-refractivity contribution in [1.82, 2.24) is 0 Å². The van der Waals surface area contributed by atoms with Gasteiger partial charge in [-0.15, -0.1) is 0 Å². The Morgan fingerprint density at radius 1 is 0.667 bits per heavy atom. The summed E-state index contributed by atoms with van der Waals surface area (Å²) in [6, 6.07) is 0. The van der Waals surface area contributed by atoms with Crippen molar-refractivity contribution >= 4 is 35.3 Å². The van der Waals surface area contributed by atoms with Gasteiger partial charge in [0, 0.05) is 50.1 Å². The zero-order valence-corrected chi connectivity index (χ0v) is 9.20. The summed E-state index contributed by atoms with van der Waals surface area (Å²) in [5.74, 6) is 0. The van der Waals surface area contributed by atoms with E-state index < -0.39 is 28.9 Å². The Hall–Kier alpha value is -0.750. The van der Waals surface area contributed by atoms with Gasteiger partial charge >= 0.3 is 14.1 Å². The summed E-state index contributed by atoms with van der Waals surface area (Å²) in [7, 11) is 0. The molecule has 1 aliphatic heterocycles. The van der Waals surface area contributed by atoms with E-state index in [1.54, 1.807) is 0 Å². The number of rotatable bonds is 3. The molecule has 0 atom stereocenters. The second-order valence-corrected chi connectivity index (χ2v) is 6.58. The third-order valence-corrected chi connectivity index (χ3v) is 5.64. The molecule has 0 saturated carbocycles. The van der Waals surface area contributed by atoms with Crippen LogP contribution in [0, 0.1) is 30.3 Å². The van der Waals surface area contributed by atoms with E-state index in [9.17, 15) is 30.3 Å². The van der Waals surface area contributed by atoms with E-state index in [0.29, 0.717) is 35.3 Å². The molecule has 1 rings (SSSR count). The van der Waals surface area contributed by atoms with E-state index in [1.807, 2.05) is 0 Å². The summed E-state index contributed by atoms with van der Waals surface area (Å²) >= 11 is 1.48. The Bertz CT molecular complexity index is 258. The Morgan fingerprint density at radius 3 is 1.00 bits per heavy atom. The minimum atomic E-state index is -1.36. The average Bonchev–Trinajstić information content (AvgIpc) is 2.16. The van der Waals surface area contributed by atoms with Crippen LogP contribution in [0.1, 0.15) is 0 Å². The Kier molecular flexibility index (Phi) is 3.98. The third-order valence-electron chi connectivity index (χ3n) is 1.21. The van der Waals surface area contributed by atoms with Crippen molar-refractivity contribution in [2.24, 2.45) is 0 Å². The molecule has 1 aliphatic rings. The largest absolute Gasteiger partial charge is 0.318 e. The maximum Gasteiger partial charge on any atom is 0.318 e. The molecule has 12 heteroatoms. The first-order valence-corrected chi connectivity index (χ1v) is 6.11. The molecular formula is C3H3N3O6S3. The van der Waals surface area contributed by atoms with Gasteiger partial charge in [-0.3, -0.25) is 30.3 Å². The summed E-state index contributed by atoms with van der Waals surface area (Å²) in [5.41, 5.74) is 0. The maximum atomic E-state index is 10.4. The number of nitro groups is 3. The molecule has 0 amide bonds. The van der Waals surface area contributed by atoms with Crippen LogP contribution >= 0.6 is 35.3 Å². The summed E-state index contributed by atoms with van der Waals surface area (Å²) in [6.45, 7) is 0. The highest BCUT2D eigenvalue weighted by Crippen LogP contribution is 2.47. The number of nitrogens with zero attached hydrogens (tertiary/aromatic N) is 3. The Morgan fingerprint density at radius 2 is 0.867 bits per heavy atom. The van der Waals surface area contributed by atoms with Crippen molar-refractivity contribution in [3.8, 4) is 0 Å². The smallest absolute Gasteiger partial charge is 0.262 e. The Labute approximate surface area is 94.8 Å². The summed E-state index contributed by atoms with van der Waals surface area (Å²) < 4.78 is -4.09. The quantitative estimate of drug-likeness (QED) is 0.543. The van der Waals surface area contributed by atoms with Gasteiger partial charge in [-0.2, -0.15) is 0 Å². The van der Waals surface area contributed by atoms with E-state index in [1.165, 1.54) is 0 Å². The van der Waals surface area contributed by atoms with Crippen LogP contribution in [-0.2, 0) is 0 Å². The molecular weight excluding hydrogens is 270 g/mol. The molecule has 9 nitrogen and oxygen atoms in total. The van der Waals surface area contributed by atoms with E-state index >= 15 is 0 Å². The van der Waals surface area contributed by atoms with Crippen molar-refractivity contribution in [3.05, 3.63) is 30.3 Å². The summed E-state index contributed by atoms with van der Waals surface area (Å²) in [6.07, 6.45) is 0. The molecule has 0 aromatic rings. The normalized spacial score (nSPS) is 30.8. The van der Waals surface area contributed by atoms with Crippen LogP contribution < -0.4 is 0 Å². The molecule has 0 unspecified atom stereocenters. The number of thioether (sulfide) groups is 3. The maximum absolute atomic E-state index is 10.4. The average molecular weight is 273 g/mol. The topological polar surface area (TPSA) is 129 Å². The summed E-state index contributed by atoms with van der Waals surface area (Å²) in [5, 5.41) is 31.2. The van der Waals surface area contributed by atoms with Crippen molar-refractivity contribution in [3.63, 3.8) is 0 Å². The fraction of sp³-hybridized carbons (Fsp3) is 1.00. The van der Waals surface area contributed by atoms with E-state index in [4.69, 9.17) is 0 Å². The van der Waals surface area contributed by atoms with Crippen molar-refractivity contribution in [2.75, 3.05) is 0 Å². The lowest BCUT2D eigenvalue weighted by molar-refractivity contribution is -0.494. The van der Waals surface area contributed by atoms with Crippen LogP contribution in [0.5, 0.6) is 0 Å². The van der Waals surface area contributed by atoms with Gasteiger partial charge in [0.15, 0.2) is 0 Å². The van der Waals surface area contributed by atoms with Crippen LogP contribution in [0.4, 0.5) is 0 Å². The van der Waals surface area contributed by atoms with Crippen LogP contribution in [0.3, 0.4) is 0 Å². The molecule has 1 fully saturated rings. The molecule has 0 aromatic carbocycles. The molecule has 0 bridgehead atoms. The molecule has 0 spiro atoms. The van der Waals surface area contributed by atoms with Gasteiger partial charge in [0.25, 0.3) is 0 Å². The first-order valence-electron chi connectivity index (χ1n) is 3.28. The van der Waals surface area contributed by atoms with E-state index in [2.05, 4.69) is 0 Å². The van der Waals surface area contributed by atoms with E-state index in [0.717, 1.165) is 0 Å². The molecule has 0 aliphatic carbocycles. The minimum Gasteiger partial charge on any atom is -0.262 e. The fourth-order valence-electron chi connectivity index (χ4n) is 0.693. The van der Waals surface area contributed by atoms with Gasteiger partial charge in [-0.05, 0) is 0 Å². The van der Waals surface area contributed by atoms with Gasteiger partial charge in [-0.1, -0.05) is 0 Å². The first-order chi connectivity index (χ1) is 6.91. The third kappa shape index (κ3) is 3.10. The van der Waals surface area contributed by atoms with Gasteiger partial charge in [-0.25, -0.2) is 0 Å². The highest BCUT2D eigenvalue weighted by molar-refractivity contribution is 8.33. The molecule has 0 aromatic heterocycles. The lowest BCUT2D eigenvalue weighted by atomic mass is 11.4. The summed E-state index contributed by atoms with van der Waals surface area (Å²) in [4.78, 5) is 28.9. The zero-order chi connectivity index (χ0) is 11.6. The van der Waals surface area contributed by atoms with Crippen LogP contribution in [0.2, 0.25) is 0 Å². The molecule has 0 radical (unpaired) electrons. The van der Waals surface area contributed by atoms with Crippen molar-refractivity contribution in [1.29, 1.82) is 0 Å². The molecule has 1 saturated heterocycles. The van der Waals surface area contributed by atoms with Crippen LogP contribution in [-0.4, -0.2) is 28.9 Å². The van der Waals surface area contributed by atoms with Crippen molar-refractivity contribution in [2.45, 2.75) is 14.1 Å². The Balaban J connectivity index is 2.77. The van der Waals surface area contributed by atoms with Gasteiger partial charge < -0.3 is 0 Å². The van der Waals surface area contributed by atoms with Crippen LogP contribution in [0.25, 0.3) is 0 Å². The SMILES string of the molecule is O=[N+]([O-])C1SC([N+](=O)[O-])SC([N+](=O)[O-])S1. The van der Waals surface area contributed by atoms with Crippen molar-refractivity contribution < 1.29 is 14.8 Å². The number of hydrogen-bond acceptors (Lipinski definition) is 9. The fourth-order valence-corrected chi connectivity index (χ4v) is 5.18. The second kappa shape index (κ2) is 4.85. The van der Waals surface area contributed by atoms with E-state index in [-0.39, 0.29) is 0 Å². The molecule has 15 heavy (non-hydrogen) atoms. The minimum absolute atomic E-state index is 0.492. The highest BCUT2D eigenvalue weighted by Gasteiger charge is 2.48. The zero-order valence-electron chi connectivity index (χ0n) is 6.75. The lowest BCUT2D eigenvalue weighted by Gasteiger charge is -2.18. The second-order valence-electron chi connectivity index (χ2n) is 2.19. The van der Waals surface area contributed by atoms with Gasteiger partial charge in [0.1, 0.15) is 0 Å². The monoisotopic (exact) mass is 273 g/mol. The predicted molar refractivity (Wildman–Crippen MR) is 55.1 cm³/mol. The van der Waals surface area contributed by atoms with Gasteiger partial charge in [0.2, 0.25) is 0 Å². The lowest BCUT2D eigenvalue weighted by Crippen LogP contribution is -2.31. The molecule has 0 N–H and O–H groups in total. The number of hydrogen-bond donors (Lipinski definition) is 0. The highest BCUT2D eigenvalue weighted by atomic mass is 32.3. The van der Waals surface area contributed by atoms with Crippen LogP contribution in [0.15, 0.2) is 0 Å². The predicted octanol–water partition coefficient (Wildman–Crippen LogP) is 0.880. The molecule has 84 valence electrons. The molecule has 1 heterocycles. The first kappa shape index (κ1) is 12.3. The van der Waals surface area contributed by atoms with Gasteiger partial charge in [0.05, 0.1) is 0 Å².